The highest BCUT2D eigenvalue weighted by molar-refractivity contribution is 5.85. The Morgan fingerprint density at radius 3 is 2.30 bits per heavy atom. The van der Waals surface area contributed by atoms with E-state index in [0.29, 0.717) is 5.56 Å². The van der Waals surface area contributed by atoms with Crippen LogP contribution in [0.1, 0.15) is 43.4 Å². The highest BCUT2D eigenvalue weighted by atomic mass is 19.4. The van der Waals surface area contributed by atoms with Crippen molar-refractivity contribution in [2.45, 2.75) is 82.1 Å². The molecule has 2 aromatic rings. The number of halogens is 6. The highest BCUT2D eigenvalue weighted by Crippen LogP contribution is 2.44. The lowest BCUT2D eigenvalue weighted by atomic mass is 9.78. The van der Waals surface area contributed by atoms with Gasteiger partial charge in [-0.15, -0.1) is 13.2 Å². The van der Waals surface area contributed by atoms with Gasteiger partial charge in [0.15, 0.2) is 11.4 Å². The zero-order chi connectivity index (χ0) is 29.3. The van der Waals surface area contributed by atoms with Gasteiger partial charge in [0.05, 0.1) is 31.0 Å². The molecule has 1 aliphatic heterocycles. The van der Waals surface area contributed by atoms with Crippen molar-refractivity contribution >= 4 is 5.91 Å². The lowest BCUT2D eigenvalue weighted by Gasteiger charge is -2.43. The topological polar surface area (TPSA) is 75.3 Å². The summed E-state index contributed by atoms with van der Waals surface area (Å²) in [5.41, 5.74) is -1.82. The Morgan fingerprint density at radius 2 is 1.65 bits per heavy atom. The van der Waals surface area contributed by atoms with Crippen LogP contribution in [-0.4, -0.2) is 49.0 Å². The number of alkyl halides is 6. The summed E-state index contributed by atoms with van der Waals surface area (Å²) in [7, 11) is 1.40. The fourth-order valence-electron chi connectivity index (χ4n) is 5.03. The quantitative estimate of drug-likeness (QED) is 0.418. The first-order valence-corrected chi connectivity index (χ1v) is 12.4. The Balaban J connectivity index is 1.56. The first kappa shape index (κ1) is 30.1. The van der Waals surface area contributed by atoms with Crippen LogP contribution < -0.4 is 10.1 Å². The van der Waals surface area contributed by atoms with E-state index in [1.54, 1.807) is 19.9 Å². The van der Waals surface area contributed by atoms with Crippen LogP contribution in [0.3, 0.4) is 0 Å². The summed E-state index contributed by atoms with van der Waals surface area (Å²) in [6, 6.07) is 9.87. The smallest absolute Gasteiger partial charge is 0.406 e. The monoisotopic (exact) mass is 577 g/mol. The van der Waals surface area contributed by atoms with E-state index in [1.165, 1.54) is 31.3 Å². The first-order valence-electron chi connectivity index (χ1n) is 12.4. The number of amides is 1. The summed E-state index contributed by atoms with van der Waals surface area (Å²) < 4.78 is 106. The third-order valence-electron chi connectivity index (χ3n) is 6.66. The minimum absolute atomic E-state index is 0.0362. The largest absolute Gasteiger partial charge is 0.573 e. The number of nitrogens with one attached hydrogen (secondary N) is 1. The average Bonchev–Trinajstić information content (AvgIpc) is 3.18. The van der Waals surface area contributed by atoms with E-state index >= 15 is 0 Å². The molecular weight excluding hydrogens is 548 g/mol. The van der Waals surface area contributed by atoms with Gasteiger partial charge >= 0.3 is 12.5 Å². The predicted molar refractivity (Wildman–Crippen MR) is 128 cm³/mol. The second kappa shape index (κ2) is 11.2. The maximum absolute atomic E-state index is 13.2. The molecule has 2 aliphatic rings. The van der Waals surface area contributed by atoms with Crippen molar-refractivity contribution in [3.8, 4) is 5.75 Å². The van der Waals surface area contributed by atoms with Crippen molar-refractivity contribution in [1.29, 1.82) is 0 Å². The van der Waals surface area contributed by atoms with Gasteiger partial charge < -0.3 is 29.0 Å². The van der Waals surface area contributed by atoms with Crippen molar-refractivity contribution in [3.05, 3.63) is 65.2 Å². The Hall–Kier alpha value is -2.87. The summed E-state index contributed by atoms with van der Waals surface area (Å²) in [5.74, 6) is -1.97. The molecule has 220 valence electrons. The lowest BCUT2D eigenvalue weighted by Crippen LogP contribution is -2.59. The number of fused-ring (bicyclic) bond motifs is 1. The second-order valence-corrected chi connectivity index (χ2v) is 10.2. The lowest BCUT2D eigenvalue weighted by molar-refractivity contribution is -0.274. The third kappa shape index (κ3) is 7.25. The predicted octanol–water partition coefficient (Wildman–Crippen LogP) is 5.50. The number of benzene rings is 2. The van der Waals surface area contributed by atoms with E-state index in [-0.39, 0.29) is 31.6 Å². The van der Waals surface area contributed by atoms with Gasteiger partial charge in [0, 0.05) is 19.9 Å². The van der Waals surface area contributed by atoms with Crippen molar-refractivity contribution < 1.29 is 54.8 Å². The molecule has 1 saturated heterocycles. The molecule has 13 heteroatoms. The standard InChI is InChI=1S/C27H29F6NO6/c1-24(2)39-21-13-25(23(35)34-3,37-15-16-6-4-8-18(10-16)26(28,29)30)12-20(22(21)40-24)36-14-17-7-5-9-19(11-17)38-27(31,32)33/h4-11,20-22H,12-15H2,1-3H3,(H,34,35)/t20?,21-,22+,25-/m1/s1. The highest BCUT2D eigenvalue weighted by Gasteiger charge is 2.58. The van der Waals surface area contributed by atoms with Gasteiger partial charge in [0.2, 0.25) is 0 Å². The van der Waals surface area contributed by atoms with Gasteiger partial charge in [-0.25, -0.2) is 0 Å². The normalized spacial score (nSPS) is 26.3. The minimum atomic E-state index is -4.86. The summed E-state index contributed by atoms with van der Waals surface area (Å²) in [4.78, 5) is 13.2. The van der Waals surface area contributed by atoms with E-state index in [0.717, 1.165) is 18.2 Å². The van der Waals surface area contributed by atoms with Crippen LogP contribution in [0.25, 0.3) is 0 Å². The van der Waals surface area contributed by atoms with Crippen LogP contribution in [0.4, 0.5) is 26.3 Å². The molecule has 7 nitrogen and oxygen atoms in total. The second-order valence-electron chi connectivity index (χ2n) is 10.2. The molecule has 0 spiro atoms. The number of hydrogen-bond donors (Lipinski definition) is 1. The van der Waals surface area contributed by atoms with E-state index in [4.69, 9.17) is 18.9 Å². The summed E-state index contributed by atoms with van der Waals surface area (Å²) in [6.07, 6.45) is -11.5. The zero-order valence-electron chi connectivity index (χ0n) is 21.9. The van der Waals surface area contributed by atoms with Crippen molar-refractivity contribution in [1.82, 2.24) is 5.32 Å². The summed E-state index contributed by atoms with van der Waals surface area (Å²) >= 11 is 0. The Bertz CT molecular complexity index is 1200. The Kier molecular flexibility index (Phi) is 8.42. The van der Waals surface area contributed by atoms with Gasteiger partial charge in [0.1, 0.15) is 11.9 Å². The molecule has 2 aromatic carbocycles. The first-order chi connectivity index (χ1) is 18.6. The molecule has 1 N–H and O–H groups in total. The van der Waals surface area contributed by atoms with Crippen LogP contribution in [0.15, 0.2) is 48.5 Å². The van der Waals surface area contributed by atoms with Crippen molar-refractivity contribution in [3.63, 3.8) is 0 Å². The molecule has 40 heavy (non-hydrogen) atoms. The van der Waals surface area contributed by atoms with Crippen molar-refractivity contribution in [2.24, 2.45) is 0 Å². The molecule has 1 heterocycles. The van der Waals surface area contributed by atoms with Crippen molar-refractivity contribution in [2.75, 3.05) is 7.05 Å². The van der Waals surface area contributed by atoms with Crippen LogP contribution in [0.5, 0.6) is 5.75 Å². The number of ether oxygens (including phenoxy) is 5. The fraction of sp³-hybridized carbons (Fsp3) is 0.519. The molecule has 4 rings (SSSR count). The van der Waals surface area contributed by atoms with E-state index in [1.807, 2.05) is 0 Å². The van der Waals surface area contributed by atoms with Crippen LogP contribution >= 0.6 is 0 Å². The number of hydrogen-bond acceptors (Lipinski definition) is 6. The maximum Gasteiger partial charge on any atom is 0.573 e. The SMILES string of the molecule is CNC(=O)[C@@]1(OCc2cccc(C(F)(F)F)c2)CC(OCc2cccc(OC(F)(F)F)c2)[C@@H]2OC(C)(C)O[C@@H]2C1. The molecule has 2 fully saturated rings. The summed E-state index contributed by atoms with van der Waals surface area (Å²) in [6.45, 7) is 2.92. The Morgan fingerprint density at radius 1 is 0.975 bits per heavy atom. The van der Waals surface area contributed by atoms with E-state index in [9.17, 15) is 31.1 Å². The zero-order valence-corrected chi connectivity index (χ0v) is 21.9. The van der Waals surface area contributed by atoms with Gasteiger partial charge in [0.25, 0.3) is 5.91 Å². The summed E-state index contributed by atoms with van der Waals surface area (Å²) in [5, 5.41) is 2.55. The average molecular weight is 578 g/mol. The Labute approximate surface area is 226 Å². The maximum atomic E-state index is 13.2. The number of carbonyl (C=O) groups is 1. The molecule has 0 bridgehead atoms. The fourth-order valence-corrected chi connectivity index (χ4v) is 5.03. The van der Waals surface area contributed by atoms with E-state index < -0.39 is 59.5 Å². The molecule has 1 amide bonds. The third-order valence-corrected chi connectivity index (χ3v) is 6.66. The molecule has 4 atom stereocenters. The molecule has 1 aliphatic carbocycles. The van der Waals surface area contributed by atoms with Gasteiger partial charge in [-0.05, 0) is 49.2 Å². The van der Waals surface area contributed by atoms with Crippen LogP contribution in [0, 0.1) is 0 Å². The molecular formula is C27H29F6NO6. The minimum Gasteiger partial charge on any atom is -0.406 e. The number of carbonyl (C=O) groups excluding carboxylic acids is 1. The molecule has 1 unspecified atom stereocenters. The van der Waals surface area contributed by atoms with Gasteiger partial charge in [-0.2, -0.15) is 13.2 Å². The number of likely N-dealkylation sites (N-methyl/N-ethyl adjacent to an activating group) is 1. The van der Waals surface area contributed by atoms with E-state index in [2.05, 4.69) is 10.1 Å². The molecule has 1 saturated carbocycles. The van der Waals surface area contributed by atoms with Gasteiger partial charge in [-0.1, -0.05) is 24.3 Å². The number of rotatable bonds is 8. The molecule has 0 aromatic heterocycles. The van der Waals surface area contributed by atoms with Crippen LogP contribution in [0.2, 0.25) is 0 Å². The van der Waals surface area contributed by atoms with Gasteiger partial charge in [-0.3, -0.25) is 4.79 Å². The van der Waals surface area contributed by atoms with Crippen LogP contribution in [-0.2, 0) is 43.1 Å². The molecule has 0 radical (unpaired) electrons.